The molecule has 2 N–H and O–H groups in total. The highest BCUT2D eigenvalue weighted by Gasteiger charge is 2.17. The van der Waals surface area contributed by atoms with E-state index in [0.717, 1.165) is 11.6 Å². The molecule has 0 saturated carbocycles. The summed E-state index contributed by atoms with van der Waals surface area (Å²) in [5.74, 6) is -2.40. The van der Waals surface area contributed by atoms with Crippen LogP contribution < -0.4 is 10.5 Å². The van der Waals surface area contributed by atoms with Crippen molar-refractivity contribution in [2.24, 2.45) is 5.73 Å². The summed E-state index contributed by atoms with van der Waals surface area (Å²) < 4.78 is 32.7. The van der Waals surface area contributed by atoms with Crippen LogP contribution in [0.1, 0.15) is 11.1 Å². The molecular formula is C13H9BrF2N2OS. The van der Waals surface area contributed by atoms with E-state index in [0.29, 0.717) is 10.0 Å². The van der Waals surface area contributed by atoms with Crippen molar-refractivity contribution < 1.29 is 13.5 Å². The quantitative estimate of drug-likeness (QED) is 0.668. The van der Waals surface area contributed by atoms with Gasteiger partial charge >= 0.3 is 0 Å². The molecule has 0 aliphatic carbocycles. The van der Waals surface area contributed by atoms with Crippen molar-refractivity contribution in [2.75, 3.05) is 0 Å². The molecule has 0 aliphatic rings. The van der Waals surface area contributed by atoms with Crippen molar-refractivity contribution in [3.63, 3.8) is 0 Å². The third kappa shape index (κ3) is 2.94. The van der Waals surface area contributed by atoms with Crippen LogP contribution in [0.25, 0.3) is 0 Å². The monoisotopic (exact) mass is 358 g/mol. The smallest absolute Gasteiger partial charge is 0.229 e. The molecule has 0 bridgehead atoms. The van der Waals surface area contributed by atoms with Crippen molar-refractivity contribution in [1.82, 2.24) is 4.98 Å². The highest BCUT2D eigenvalue weighted by molar-refractivity contribution is 9.10. The number of nitrogens with zero attached hydrogens (tertiary/aromatic N) is 1. The van der Waals surface area contributed by atoms with Gasteiger partial charge in [-0.3, -0.25) is 0 Å². The van der Waals surface area contributed by atoms with Gasteiger partial charge in [-0.15, -0.1) is 0 Å². The SMILES string of the molecule is Cc1ccnc(Oc2cc(Br)cc(F)c2F)c1C(N)=S. The molecule has 1 aromatic heterocycles. The Balaban J connectivity index is 2.51. The number of pyridine rings is 1. The maximum absolute atomic E-state index is 13.7. The van der Waals surface area contributed by atoms with Gasteiger partial charge in [-0.05, 0) is 30.7 Å². The van der Waals surface area contributed by atoms with Gasteiger partial charge < -0.3 is 10.5 Å². The number of aromatic nitrogens is 1. The predicted molar refractivity (Wildman–Crippen MR) is 79.0 cm³/mol. The average Bonchev–Trinajstić information content (AvgIpc) is 2.35. The molecule has 0 unspecified atom stereocenters. The summed E-state index contributed by atoms with van der Waals surface area (Å²) in [7, 11) is 0. The third-order valence-electron chi connectivity index (χ3n) is 2.54. The maximum atomic E-state index is 13.7. The summed E-state index contributed by atoms with van der Waals surface area (Å²) in [4.78, 5) is 4.03. The highest BCUT2D eigenvalue weighted by Crippen LogP contribution is 2.31. The van der Waals surface area contributed by atoms with Gasteiger partial charge in [-0.1, -0.05) is 28.1 Å². The van der Waals surface area contributed by atoms with Crippen LogP contribution in [-0.2, 0) is 0 Å². The van der Waals surface area contributed by atoms with Gasteiger partial charge in [0.05, 0.1) is 5.56 Å². The van der Waals surface area contributed by atoms with Crippen molar-refractivity contribution in [3.8, 4) is 11.6 Å². The van der Waals surface area contributed by atoms with Crippen molar-refractivity contribution in [1.29, 1.82) is 0 Å². The highest BCUT2D eigenvalue weighted by atomic mass is 79.9. The zero-order valence-electron chi connectivity index (χ0n) is 10.3. The van der Waals surface area contributed by atoms with Crippen LogP contribution in [0.3, 0.4) is 0 Å². The number of aryl methyl sites for hydroxylation is 1. The number of halogens is 3. The second-order valence-electron chi connectivity index (χ2n) is 3.97. The average molecular weight is 359 g/mol. The number of rotatable bonds is 3. The van der Waals surface area contributed by atoms with Crippen LogP contribution in [-0.4, -0.2) is 9.97 Å². The minimum absolute atomic E-state index is 0.0360. The molecule has 2 rings (SSSR count). The van der Waals surface area contributed by atoms with Gasteiger partial charge in [-0.25, -0.2) is 9.37 Å². The van der Waals surface area contributed by atoms with Gasteiger partial charge in [0.25, 0.3) is 0 Å². The third-order valence-corrected chi connectivity index (χ3v) is 3.20. The lowest BCUT2D eigenvalue weighted by Crippen LogP contribution is -2.13. The molecule has 1 heterocycles. The summed E-state index contributed by atoms with van der Waals surface area (Å²) in [6.07, 6.45) is 1.47. The van der Waals surface area contributed by atoms with Crippen molar-refractivity contribution >= 4 is 33.1 Å². The van der Waals surface area contributed by atoms with E-state index in [4.69, 9.17) is 22.7 Å². The second kappa shape index (κ2) is 5.80. The Hall–Kier alpha value is -1.60. The summed E-state index contributed by atoms with van der Waals surface area (Å²) in [6.45, 7) is 1.76. The molecule has 0 aliphatic heterocycles. The van der Waals surface area contributed by atoms with Crippen molar-refractivity contribution in [3.05, 3.63) is 51.6 Å². The zero-order chi connectivity index (χ0) is 14.9. The number of benzene rings is 1. The largest absolute Gasteiger partial charge is 0.435 e. The summed E-state index contributed by atoms with van der Waals surface area (Å²) >= 11 is 7.98. The van der Waals surface area contributed by atoms with Gasteiger partial charge in [0, 0.05) is 10.7 Å². The molecule has 7 heteroatoms. The Labute approximate surface area is 127 Å². The maximum Gasteiger partial charge on any atom is 0.229 e. The van der Waals surface area contributed by atoms with Crippen LogP contribution in [0.5, 0.6) is 11.6 Å². The number of thiocarbonyl (C=S) groups is 1. The topological polar surface area (TPSA) is 48.1 Å². The number of ether oxygens (including phenoxy) is 1. The molecular weight excluding hydrogens is 350 g/mol. The summed E-state index contributed by atoms with van der Waals surface area (Å²) in [5.41, 5.74) is 6.73. The minimum Gasteiger partial charge on any atom is -0.435 e. The van der Waals surface area contributed by atoms with E-state index in [1.807, 2.05) is 0 Å². The Morgan fingerprint density at radius 1 is 1.40 bits per heavy atom. The Kier molecular flexibility index (Phi) is 4.29. The van der Waals surface area contributed by atoms with E-state index in [9.17, 15) is 8.78 Å². The molecule has 0 radical (unpaired) electrons. The molecule has 0 atom stereocenters. The first kappa shape index (κ1) is 14.8. The molecule has 104 valence electrons. The fourth-order valence-corrected chi connectivity index (χ4v) is 2.28. The first-order valence-corrected chi connectivity index (χ1v) is 6.68. The number of hydrogen-bond donors (Lipinski definition) is 1. The molecule has 0 spiro atoms. The predicted octanol–water partition coefficient (Wildman–Crippen LogP) is 3.86. The van der Waals surface area contributed by atoms with Crippen LogP contribution >= 0.6 is 28.1 Å². The molecule has 1 aromatic carbocycles. The van der Waals surface area contributed by atoms with Crippen LogP contribution in [0, 0.1) is 18.6 Å². The Bertz CT molecular complexity index is 694. The van der Waals surface area contributed by atoms with Crippen molar-refractivity contribution in [2.45, 2.75) is 6.92 Å². The fourth-order valence-electron chi connectivity index (χ4n) is 1.62. The van der Waals surface area contributed by atoms with Crippen LogP contribution in [0.4, 0.5) is 8.78 Å². The zero-order valence-corrected chi connectivity index (χ0v) is 12.7. The normalized spacial score (nSPS) is 10.4. The molecule has 3 nitrogen and oxygen atoms in total. The number of nitrogens with two attached hydrogens (primary N) is 1. The molecule has 20 heavy (non-hydrogen) atoms. The van der Waals surface area contributed by atoms with E-state index >= 15 is 0 Å². The molecule has 0 amide bonds. The van der Waals surface area contributed by atoms with Gasteiger partial charge in [0.15, 0.2) is 11.6 Å². The van der Waals surface area contributed by atoms with Gasteiger partial charge in [0.1, 0.15) is 4.99 Å². The van der Waals surface area contributed by atoms with E-state index in [2.05, 4.69) is 20.9 Å². The lowest BCUT2D eigenvalue weighted by molar-refractivity contribution is 0.404. The minimum atomic E-state index is -1.11. The standard InChI is InChI=1S/C13H9BrF2N2OS/c1-6-2-3-18-13(10(6)12(17)20)19-9-5-7(14)4-8(15)11(9)16/h2-5H,1H3,(H2,17,20). The van der Waals surface area contributed by atoms with E-state index in [1.54, 1.807) is 13.0 Å². The summed E-state index contributed by atoms with van der Waals surface area (Å²) in [6, 6.07) is 3.99. The van der Waals surface area contributed by atoms with E-state index in [-0.39, 0.29) is 16.6 Å². The van der Waals surface area contributed by atoms with Crippen LogP contribution in [0.2, 0.25) is 0 Å². The van der Waals surface area contributed by atoms with E-state index < -0.39 is 11.6 Å². The summed E-state index contributed by atoms with van der Waals surface area (Å²) in [5, 5.41) is 0. The Morgan fingerprint density at radius 3 is 2.75 bits per heavy atom. The van der Waals surface area contributed by atoms with Gasteiger partial charge in [-0.2, -0.15) is 4.39 Å². The fraction of sp³-hybridized carbons (Fsp3) is 0.0769. The first-order valence-electron chi connectivity index (χ1n) is 5.48. The van der Waals surface area contributed by atoms with Gasteiger partial charge in [0.2, 0.25) is 11.7 Å². The van der Waals surface area contributed by atoms with E-state index in [1.165, 1.54) is 12.3 Å². The number of hydrogen-bond acceptors (Lipinski definition) is 3. The lowest BCUT2D eigenvalue weighted by Gasteiger charge is -2.12. The molecule has 2 aromatic rings. The first-order chi connectivity index (χ1) is 9.40. The molecule has 0 fully saturated rings. The second-order valence-corrected chi connectivity index (χ2v) is 5.33. The lowest BCUT2D eigenvalue weighted by atomic mass is 10.1. The van der Waals surface area contributed by atoms with Crippen LogP contribution in [0.15, 0.2) is 28.9 Å². The Morgan fingerprint density at radius 2 is 2.10 bits per heavy atom. The molecule has 0 saturated heterocycles.